The topological polar surface area (TPSA) is 22.1 Å². The number of hydrogen-bond donors (Lipinski definition) is 0. The number of thiazole rings is 1. The van der Waals surface area contributed by atoms with Gasteiger partial charge in [0.15, 0.2) is 0 Å². The molecule has 1 heterocycles. The molecule has 0 radical (unpaired) electrons. The highest BCUT2D eigenvalue weighted by Crippen LogP contribution is 2.16. The molecule has 4 heteroatoms. The molecule has 15 heavy (non-hydrogen) atoms. The maximum atomic E-state index is 5.76. The molecule has 0 aromatic carbocycles. The molecular weight excluding hydrogens is 230 g/mol. The Labute approximate surface area is 101 Å². The smallest absolute Gasteiger partial charge is 0.0951 e. The predicted molar refractivity (Wildman–Crippen MR) is 65.7 cm³/mol. The SMILES string of the molecule is CCC(C)(C)OCCc1nc(CCl)cs1. The van der Waals surface area contributed by atoms with E-state index in [1.54, 1.807) is 11.3 Å². The van der Waals surface area contributed by atoms with Crippen LogP contribution in [0.4, 0.5) is 0 Å². The van der Waals surface area contributed by atoms with Gasteiger partial charge in [-0.05, 0) is 20.3 Å². The second kappa shape index (κ2) is 5.83. The van der Waals surface area contributed by atoms with Crippen LogP contribution in [0.2, 0.25) is 0 Å². The van der Waals surface area contributed by atoms with Crippen LogP contribution in [0.5, 0.6) is 0 Å². The summed E-state index contributed by atoms with van der Waals surface area (Å²) in [6.07, 6.45) is 1.91. The van der Waals surface area contributed by atoms with E-state index in [1.807, 2.05) is 5.38 Å². The normalized spacial score (nSPS) is 12.0. The molecule has 0 saturated carbocycles. The van der Waals surface area contributed by atoms with Gasteiger partial charge in [-0.2, -0.15) is 0 Å². The van der Waals surface area contributed by atoms with E-state index < -0.39 is 0 Å². The zero-order valence-corrected chi connectivity index (χ0v) is 11.1. The van der Waals surface area contributed by atoms with Gasteiger partial charge in [0, 0.05) is 11.8 Å². The number of rotatable bonds is 6. The Morgan fingerprint density at radius 2 is 2.27 bits per heavy atom. The summed E-state index contributed by atoms with van der Waals surface area (Å²) in [5, 5.41) is 3.12. The molecule has 1 rings (SSSR count). The molecule has 0 bridgehead atoms. The molecule has 86 valence electrons. The third-order valence-electron chi connectivity index (χ3n) is 2.40. The minimum absolute atomic E-state index is 0.0213. The zero-order valence-electron chi connectivity index (χ0n) is 9.55. The number of aromatic nitrogens is 1. The molecule has 0 atom stereocenters. The first kappa shape index (κ1) is 12.9. The minimum atomic E-state index is -0.0213. The van der Waals surface area contributed by atoms with E-state index in [0.717, 1.165) is 30.2 Å². The van der Waals surface area contributed by atoms with Crippen molar-refractivity contribution in [2.24, 2.45) is 0 Å². The van der Waals surface area contributed by atoms with Crippen molar-refractivity contribution in [1.82, 2.24) is 4.98 Å². The Balaban J connectivity index is 2.31. The van der Waals surface area contributed by atoms with Crippen molar-refractivity contribution < 1.29 is 4.74 Å². The van der Waals surface area contributed by atoms with E-state index in [2.05, 4.69) is 25.8 Å². The van der Waals surface area contributed by atoms with Crippen LogP contribution in [-0.4, -0.2) is 17.2 Å². The molecule has 0 spiro atoms. The summed E-state index contributed by atoms with van der Waals surface area (Å²) in [5.74, 6) is 0.498. The summed E-state index contributed by atoms with van der Waals surface area (Å²) in [6.45, 7) is 7.09. The van der Waals surface area contributed by atoms with E-state index in [9.17, 15) is 0 Å². The average molecular weight is 248 g/mol. The van der Waals surface area contributed by atoms with Crippen LogP contribution in [0.15, 0.2) is 5.38 Å². The summed E-state index contributed by atoms with van der Waals surface area (Å²) in [6, 6.07) is 0. The van der Waals surface area contributed by atoms with Gasteiger partial charge in [-0.3, -0.25) is 0 Å². The van der Waals surface area contributed by atoms with Crippen LogP contribution in [0.25, 0.3) is 0 Å². The first-order valence-corrected chi connectivity index (χ1v) is 6.62. The molecule has 0 N–H and O–H groups in total. The lowest BCUT2D eigenvalue weighted by molar-refractivity contribution is -0.0183. The van der Waals surface area contributed by atoms with E-state index in [1.165, 1.54) is 0 Å². The quantitative estimate of drug-likeness (QED) is 0.717. The Kier molecular flexibility index (Phi) is 5.03. The molecule has 0 saturated heterocycles. The molecule has 0 fully saturated rings. The van der Waals surface area contributed by atoms with Gasteiger partial charge in [-0.15, -0.1) is 22.9 Å². The Morgan fingerprint density at radius 3 is 2.80 bits per heavy atom. The van der Waals surface area contributed by atoms with Crippen molar-refractivity contribution in [3.63, 3.8) is 0 Å². The van der Waals surface area contributed by atoms with Crippen LogP contribution in [0, 0.1) is 0 Å². The van der Waals surface area contributed by atoms with Crippen LogP contribution in [0.1, 0.15) is 37.9 Å². The molecule has 0 unspecified atom stereocenters. The molecular formula is C11H18ClNOS. The molecule has 2 nitrogen and oxygen atoms in total. The Bertz CT molecular complexity index is 299. The molecule has 0 aliphatic carbocycles. The molecule has 0 aliphatic rings. The van der Waals surface area contributed by atoms with Crippen molar-refractivity contribution in [3.05, 3.63) is 16.1 Å². The van der Waals surface area contributed by atoms with Gasteiger partial charge in [-0.25, -0.2) is 4.98 Å². The highest BCUT2D eigenvalue weighted by molar-refractivity contribution is 7.09. The van der Waals surface area contributed by atoms with Gasteiger partial charge in [0.05, 0.1) is 28.8 Å². The van der Waals surface area contributed by atoms with Crippen molar-refractivity contribution in [2.45, 2.75) is 45.1 Å². The standard InChI is InChI=1S/C11H18ClNOS/c1-4-11(2,3)14-6-5-10-13-9(7-12)8-15-10/h8H,4-7H2,1-3H3. The largest absolute Gasteiger partial charge is 0.375 e. The number of hydrogen-bond acceptors (Lipinski definition) is 3. The number of nitrogens with zero attached hydrogens (tertiary/aromatic N) is 1. The molecule has 0 aliphatic heterocycles. The lowest BCUT2D eigenvalue weighted by Crippen LogP contribution is -2.24. The van der Waals surface area contributed by atoms with Gasteiger partial charge in [0.25, 0.3) is 0 Å². The third kappa shape index (κ3) is 4.49. The number of halogens is 1. The van der Waals surface area contributed by atoms with Crippen molar-refractivity contribution >= 4 is 22.9 Å². The fourth-order valence-electron chi connectivity index (χ4n) is 1.04. The first-order chi connectivity index (χ1) is 7.07. The van der Waals surface area contributed by atoms with Crippen LogP contribution in [-0.2, 0) is 17.0 Å². The monoisotopic (exact) mass is 247 g/mol. The molecule has 1 aromatic heterocycles. The lowest BCUT2D eigenvalue weighted by atomic mass is 10.1. The molecule has 1 aromatic rings. The van der Waals surface area contributed by atoms with Crippen LogP contribution < -0.4 is 0 Å². The van der Waals surface area contributed by atoms with Gasteiger partial charge in [0.1, 0.15) is 0 Å². The Morgan fingerprint density at radius 1 is 1.53 bits per heavy atom. The highest BCUT2D eigenvalue weighted by Gasteiger charge is 2.14. The second-order valence-corrected chi connectivity index (χ2v) is 5.29. The fraction of sp³-hybridized carbons (Fsp3) is 0.727. The summed E-state index contributed by atoms with van der Waals surface area (Å²) in [7, 11) is 0. The summed E-state index contributed by atoms with van der Waals surface area (Å²) < 4.78 is 5.76. The summed E-state index contributed by atoms with van der Waals surface area (Å²) in [4.78, 5) is 4.38. The Hall–Kier alpha value is -0.120. The van der Waals surface area contributed by atoms with E-state index in [-0.39, 0.29) is 5.60 Å². The fourth-order valence-corrected chi connectivity index (χ4v) is 2.05. The second-order valence-electron chi connectivity index (χ2n) is 4.08. The first-order valence-electron chi connectivity index (χ1n) is 5.20. The molecule has 0 amide bonds. The van der Waals surface area contributed by atoms with Crippen molar-refractivity contribution in [3.8, 4) is 0 Å². The van der Waals surface area contributed by atoms with Gasteiger partial charge < -0.3 is 4.74 Å². The summed E-state index contributed by atoms with van der Waals surface area (Å²) >= 11 is 7.34. The number of alkyl halides is 1. The summed E-state index contributed by atoms with van der Waals surface area (Å²) in [5.41, 5.74) is 0.943. The van der Waals surface area contributed by atoms with Gasteiger partial charge >= 0.3 is 0 Å². The van der Waals surface area contributed by atoms with Gasteiger partial charge in [-0.1, -0.05) is 6.92 Å². The maximum Gasteiger partial charge on any atom is 0.0951 e. The van der Waals surface area contributed by atoms with Crippen molar-refractivity contribution in [1.29, 1.82) is 0 Å². The highest BCUT2D eigenvalue weighted by atomic mass is 35.5. The zero-order chi connectivity index (χ0) is 11.3. The lowest BCUT2D eigenvalue weighted by Gasteiger charge is -2.23. The minimum Gasteiger partial charge on any atom is -0.375 e. The average Bonchev–Trinajstić information content (AvgIpc) is 2.66. The third-order valence-corrected chi connectivity index (χ3v) is 3.63. The number of ether oxygens (including phenoxy) is 1. The van der Waals surface area contributed by atoms with Crippen molar-refractivity contribution in [2.75, 3.05) is 6.61 Å². The van der Waals surface area contributed by atoms with E-state index in [4.69, 9.17) is 16.3 Å². The van der Waals surface area contributed by atoms with E-state index in [0.29, 0.717) is 5.88 Å². The predicted octanol–water partition coefficient (Wildman–Crippen LogP) is 3.63. The van der Waals surface area contributed by atoms with Crippen LogP contribution in [0.3, 0.4) is 0 Å². The van der Waals surface area contributed by atoms with Crippen LogP contribution >= 0.6 is 22.9 Å². The van der Waals surface area contributed by atoms with E-state index >= 15 is 0 Å². The maximum absolute atomic E-state index is 5.76. The van der Waals surface area contributed by atoms with Gasteiger partial charge in [0.2, 0.25) is 0 Å².